The number of methoxy groups -OCH3 is 1. The van der Waals surface area contributed by atoms with Crippen LogP contribution in [0.5, 0.6) is 5.75 Å². The van der Waals surface area contributed by atoms with Gasteiger partial charge in [0.25, 0.3) is 5.56 Å². The summed E-state index contributed by atoms with van der Waals surface area (Å²) in [5, 5.41) is 5.72. The van der Waals surface area contributed by atoms with E-state index in [-0.39, 0.29) is 5.56 Å². The number of nitrogens with zero attached hydrogens (tertiary/aromatic N) is 3. The van der Waals surface area contributed by atoms with Crippen molar-refractivity contribution in [2.24, 2.45) is 5.10 Å². The molecule has 1 aromatic heterocycles. The predicted molar refractivity (Wildman–Crippen MR) is 91.7 cm³/mol. The average molecular weight is 323 g/mol. The van der Waals surface area contributed by atoms with Crippen LogP contribution >= 0.6 is 11.8 Å². The number of thioether (sulfide) groups is 1. The van der Waals surface area contributed by atoms with Crippen LogP contribution in [0, 0.1) is 0 Å². The summed E-state index contributed by atoms with van der Waals surface area (Å²) < 4.78 is 6.65. The quantitative estimate of drug-likeness (QED) is 0.681. The van der Waals surface area contributed by atoms with Crippen LogP contribution < -0.4 is 10.3 Å². The summed E-state index contributed by atoms with van der Waals surface area (Å²) in [5.41, 5.74) is 2.35. The molecule has 0 atom stereocenters. The summed E-state index contributed by atoms with van der Waals surface area (Å²) >= 11 is 1.51. The Labute approximate surface area is 136 Å². The van der Waals surface area contributed by atoms with Crippen molar-refractivity contribution in [2.45, 2.75) is 5.16 Å². The maximum Gasteiger partial charge on any atom is 0.282 e. The molecule has 3 aromatic rings. The van der Waals surface area contributed by atoms with E-state index >= 15 is 0 Å². The van der Waals surface area contributed by atoms with Crippen molar-refractivity contribution in [3.63, 3.8) is 0 Å². The Kier molecular flexibility index (Phi) is 3.38. The minimum Gasteiger partial charge on any atom is -0.497 e. The van der Waals surface area contributed by atoms with Crippen LogP contribution in [0.4, 0.5) is 0 Å². The van der Waals surface area contributed by atoms with Gasteiger partial charge in [-0.1, -0.05) is 36.0 Å². The van der Waals surface area contributed by atoms with E-state index < -0.39 is 0 Å². The molecule has 0 radical (unpaired) electrons. The first-order chi connectivity index (χ1) is 11.3. The average Bonchev–Trinajstić information content (AvgIpc) is 2.62. The van der Waals surface area contributed by atoms with E-state index in [0.717, 1.165) is 17.0 Å². The van der Waals surface area contributed by atoms with Crippen LogP contribution in [0.2, 0.25) is 0 Å². The van der Waals surface area contributed by atoms with Crippen molar-refractivity contribution in [3.8, 4) is 5.75 Å². The van der Waals surface area contributed by atoms with Crippen LogP contribution in [0.25, 0.3) is 10.9 Å². The van der Waals surface area contributed by atoms with Gasteiger partial charge in [-0.2, -0.15) is 9.78 Å². The third-order valence-electron chi connectivity index (χ3n) is 3.69. The van der Waals surface area contributed by atoms with E-state index in [9.17, 15) is 4.79 Å². The summed E-state index contributed by atoms with van der Waals surface area (Å²) in [5.74, 6) is 1.43. The zero-order valence-corrected chi connectivity index (χ0v) is 13.2. The molecule has 114 valence electrons. The lowest BCUT2D eigenvalue weighted by atomic mass is 10.1. The molecule has 0 bridgehead atoms. The Morgan fingerprint density at radius 1 is 1.17 bits per heavy atom. The highest BCUT2D eigenvalue weighted by molar-refractivity contribution is 7.99. The molecule has 0 saturated carbocycles. The minimum absolute atomic E-state index is 0.141. The Hall–Kier alpha value is -2.60. The van der Waals surface area contributed by atoms with Crippen molar-refractivity contribution < 1.29 is 4.74 Å². The SMILES string of the molecule is COc1cccc(C2=Nn3c(nc4ccccc4c3=O)SC2)c1. The first kappa shape index (κ1) is 14.0. The molecule has 0 aliphatic carbocycles. The molecule has 0 amide bonds. The summed E-state index contributed by atoms with van der Waals surface area (Å²) in [6.07, 6.45) is 0. The number of ether oxygens (including phenoxy) is 1. The molecule has 0 fully saturated rings. The van der Waals surface area contributed by atoms with E-state index in [1.165, 1.54) is 16.4 Å². The lowest BCUT2D eigenvalue weighted by Gasteiger charge is -2.16. The van der Waals surface area contributed by atoms with Gasteiger partial charge in [0.05, 0.1) is 23.7 Å². The van der Waals surface area contributed by atoms with E-state index in [1.807, 2.05) is 42.5 Å². The highest BCUT2D eigenvalue weighted by atomic mass is 32.2. The summed E-state index contributed by atoms with van der Waals surface area (Å²) in [7, 11) is 1.63. The molecule has 5 nitrogen and oxygen atoms in total. The number of aromatic nitrogens is 2. The number of hydrogen-bond donors (Lipinski definition) is 0. The summed E-state index contributed by atoms with van der Waals surface area (Å²) in [6, 6.07) is 15.0. The third kappa shape index (κ3) is 2.41. The van der Waals surface area contributed by atoms with Crippen LogP contribution in [-0.2, 0) is 0 Å². The molecule has 6 heteroatoms. The van der Waals surface area contributed by atoms with Gasteiger partial charge < -0.3 is 4.74 Å². The van der Waals surface area contributed by atoms with E-state index in [1.54, 1.807) is 13.2 Å². The second kappa shape index (κ2) is 5.55. The molecule has 4 rings (SSSR count). The fraction of sp³-hybridized carbons (Fsp3) is 0.118. The third-order valence-corrected chi connectivity index (χ3v) is 4.63. The number of para-hydroxylation sites is 1. The smallest absolute Gasteiger partial charge is 0.282 e. The molecular weight excluding hydrogens is 310 g/mol. The van der Waals surface area contributed by atoms with Crippen molar-refractivity contribution in [3.05, 3.63) is 64.4 Å². The molecule has 2 aromatic carbocycles. The number of benzene rings is 2. The lowest BCUT2D eigenvalue weighted by molar-refractivity contribution is 0.414. The van der Waals surface area contributed by atoms with Crippen molar-refractivity contribution in [2.75, 3.05) is 12.9 Å². The molecule has 1 aliphatic heterocycles. The van der Waals surface area contributed by atoms with Gasteiger partial charge in [0, 0.05) is 11.3 Å². The predicted octanol–water partition coefficient (Wildman–Crippen LogP) is 2.76. The highest BCUT2D eigenvalue weighted by Gasteiger charge is 2.18. The Morgan fingerprint density at radius 3 is 2.91 bits per heavy atom. The van der Waals surface area contributed by atoms with Crippen LogP contribution in [0.1, 0.15) is 5.56 Å². The Bertz CT molecular complexity index is 995. The standard InChI is InChI=1S/C17H13N3O2S/c1-22-12-6-4-5-11(9-12)15-10-23-17-18-14-8-3-2-7-13(14)16(21)20(17)19-15/h2-9H,10H2,1H3. The first-order valence-corrected chi connectivity index (χ1v) is 8.12. The monoisotopic (exact) mass is 323 g/mol. The van der Waals surface area contributed by atoms with Gasteiger partial charge in [0.15, 0.2) is 5.16 Å². The van der Waals surface area contributed by atoms with Gasteiger partial charge >= 0.3 is 0 Å². The van der Waals surface area contributed by atoms with Gasteiger partial charge in [0.1, 0.15) is 5.75 Å². The van der Waals surface area contributed by atoms with Gasteiger partial charge in [-0.15, -0.1) is 0 Å². The molecule has 1 aliphatic rings. The maximum atomic E-state index is 12.7. The van der Waals surface area contributed by atoms with E-state index in [4.69, 9.17) is 4.74 Å². The van der Waals surface area contributed by atoms with E-state index in [2.05, 4.69) is 10.1 Å². The Balaban J connectivity index is 1.89. The fourth-order valence-corrected chi connectivity index (χ4v) is 3.41. The zero-order valence-electron chi connectivity index (χ0n) is 12.4. The largest absolute Gasteiger partial charge is 0.497 e. The van der Waals surface area contributed by atoms with Crippen LogP contribution in [0.3, 0.4) is 0 Å². The normalized spacial score (nSPS) is 13.5. The van der Waals surface area contributed by atoms with Crippen molar-refractivity contribution in [1.82, 2.24) is 9.66 Å². The second-order valence-electron chi connectivity index (χ2n) is 5.10. The minimum atomic E-state index is -0.141. The Morgan fingerprint density at radius 2 is 2.04 bits per heavy atom. The first-order valence-electron chi connectivity index (χ1n) is 7.13. The molecule has 2 heterocycles. The number of fused-ring (bicyclic) bond motifs is 2. The van der Waals surface area contributed by atoms with Crippen molar-refractivity contribution in [1.29, 1.82) is 0 Å². The summed E-state index contributed by atoms with van der Waals surface area (Å²) in [6.45, 7) is 0. The van der Waals surface area contributed by atoms with E-state index in [0.29, 0.717) is 21.8 Å². The second-order valence-corrected chi connectivity index (χ2v) is 6.04. The van der Waals surface area contributed by atoms with Crippen molar-refractivity contribution >= 4 is 28.4 Å². The van der Waals surface area contributed by atoms with Gasteiger partial charge in [-0.05, 0) is 24.3 Å². The molecular formula is C17H13N3O2S. The fourth-order valence-electron chi connectivity index (χ4n) is 2.51. The van der Waals surface area contributed by atoms with Crippen LogP contribution in [0.15, 0.2) is 63.6 Å². The maximum absolute atomic E-state index is 12.7. The molecule has 0 N–H and O–H groups in total. The molecule has 23 heavy (non-hydrogen) atoms. The molecule has 0 saturated heterocycles. The topological polar surface area (TPSA) is 56.5 Å². The zero-order chi connectivity index (χ0) is 15.8. The van der Waals surface area contributed by atoms with Crippen LogP contribution in [-0.4, -0.2) is 28.2 Å². The highest BCUT2D eigenvalue weighted by Crippen LogP contribution is 2.24. The number of hydrogen-bond acceptors (Lipinski definition) is 5. The molecule has 0 spiro atoms. The van der Waals surface area contributed by atoms with Gasteiger partial charge in [-0.25, -0.2) is 4.98 Å². The van der Waals surface area contributed by atoms with Gasteiger partial charge in [0.2, 0.25) is 0 Å². The number of rotatable bonds is 2. The lowest BCUT2D eigenvalue weighted by Crippen LogP contribution is -2.25. The summed E-state index contributed by atoms with van der Waals surface area (Å²) in [4.78, 5) is 17.2. The molecule has 0 unspecified atom stereocenters. The van der Waals surface area contributed by atoms with Gasteiger partial charge in [-0.3, -0.25) is 4.79 Å².